The normalized spacial score (nSPS) is 10.9. The minimum Gasteiger partial charge on any atom is -0.325 e. The van der Waals surface area contributed by atoms with Crippen molar-refractivity contribution in [1.29, 1.82) is 0 Å². The number of hydrogen-bond acceptors (Lipinski definition) is 4. The Hall–Kier alpha value is -1.78. The molecule has 0 saturated carbocycles. The average Bonchev–Trinajstić information content (AvgIpc) is 2.46. The zero-order valence-electron chi connectivity index (χ0n) is 11.3. The number of rotatable bonds is 6. The van der Waals surface area contributed by atoms with E-state index in [9.17, 15) is 0 Å². The summed E-state index contributed by atoms with van der Waals surface area (Å²) in [7, 11) is 2.13. The molecule has 4 heteroatoms. The molecule has 100 valence electrons. The lowest BCUT2D eigenvalue weighted by Crippen LogP contribution is -2.21. The van der Waals surface area contributed by atoms with Crippen LogP contribution in [-0.2, 0) is 19.5 Å². The smallest absolute Gasteiger partial charge is 0.0542 e. The van der Waals surface area contributed by atoms with Crippen molar-refractivity contribution < 1.29 is 0 Å². The predicted octanol–water partition coefficient (Wildman–Crippen LogP) is 1.61. The van der Waals surface area contributed by atoms with E-state index in [0.717, 1.165) is 25.2 Å². The second kappa shape index (κ2) is 6.97. The van der Waals surface area contributed by atoms with Gasteiger partial charge in [-0.25, -0.2) is 0 Å². The number of nitrogens with two attached hydrogens (primary N) is 1. The van der Waals surface area contributed by atoms with Gasteiger partial charge in [0.15, 0.2) is 0 Å². The van der Waals surface area contributed by atoms with Crippen molar-refractivity contribution in [3.63, 3.8) is 0 Å². The van der Waals surface area contributed by atoms with Gasteiger partial charge in [0.05, 0.1) is 5.69 Å². The number of nitrogens with zero attached hydrogens (tertiary/aromatic N) is 3. The summed E-state index contributed by atoms with van der Waals surface area (Å²) in [6.07, 6.45) is 6.54. The lowest BCUT2D eigenvalue weighted by atomic mass is 10.2. The highest BCUT2D eigenvalue weighted by molar-refractivity contribution is 5.16. The first kappa shape index (κ1) is 13.6. The Morgan fingerprint density at radius 3 is 2.58 bits per heavy atom. The Morgan fingerprint density at radius 1 is 1.11 bits per heavy atom. The first-order chi connectivity index (χ1) is 9.28. The van der Waals surface area contributed by atoms with Crippen molar-refractivity contribution in [2.24, 2.45) is 5.73 Å². The molecule has 0 bridgehead atoms. The second-order valence-electron chi connectivity index (χ2n) is 4.70. The summed E-state index contributed by atoms with van der Waals surface area (Å²) >= 11 is 0. The summed E-state index contributed by atoms with van der Waals surface area (Å²) in [4.78, 5) is 10.5. The summed E-state index contributed by atoms with van der Waals surface area (Å²) in [6.45, 7) is 2.43. The van der Waals surface area contributed by atoms with Gasteiger partial charge in [-0.2, -0.15) is 0 Å². The molecule has 2 heterocycles. The quantitative estimate of drug-likeness (QED) is 0.853. The van der Waals surface area contributed by atoms with Crippen molar-refractivity contribution in [2.45, 2.75) is 19.5 Å². The van der Waals surface area contributed by atoms with Crippen molar-refractivity contribution in [1.82, 2.24) is 14.9 Å². The van der Waals surface area contributed by atoms with E-state index >= 15 is 0 Å². The third-order valence-corrected chi connectivity index (χ3v) is 3.07. The molecule has 0 fully saturated rings. The fraction of sp³-hybridized carbons (Fsp3) is 0.333. The monoisotopic (exact) mass is 256 g/mol. The van der Waals surface area contributed by atoms with E-state index in [2.05, 4.69) is 40.1 Å². The molecule has 0 aromatic carbocycles. The highest BCUT2D eigenvalue weighted by Gasteiger charge is 2.02. The van der Waals surface area contributed by atoms with E-state index in [0.29, 0.717) is 6.54 Å². The summed E-state index contributed by atoms with van der Waals surface area (Å²) in [5.74, 6) is 0. The lowest BCUT2D eigenvalue weighted by molar-refractivity contribution is 0.331. The second-order valence-corrected chi connectivity index (χ2v) is 4.70. The van der Waals surface area contributed by atoms with Crippen LogP contribution in [0.5, 0.6) is 0 Å². The molecule has 2 rings (SSSR count). The Kier molecular flexibility index (Phi) is 5.01. The number of likely N-dealkylation sites (N-methyl/N-ethyl adjacent to an activating group) is 1. The standard InChI is InChI=1S/C15H20N4/c1-19(9-5-13-2-6-17-7-3-13)12-14-4-8-18-15(10-14)11-16/h2-4,6-8,10H,5,9,11-12,16H2,1H3. The molecule has 19 heavy (non-hydrogen) atoms. The van der Waals surface area contributed by atoms with Crippen LogP contribution in [0.25, 0.3) is 0 Å². The van der Waals surface area contributed by atoms with E-state index in [4.69, 9.17) is 5.73 Å². The maximum Gasteiger partial charge on any atom is 0.0542 e. The Balaban J connectivity index is 1.85. The zero-order chi connectivity index (χ0) is 13.5. The SMILES string of the molecule is CN(CCc1ccncc1)Cc1ccnc(CN)c1. The van der Waals surface area contributed by atoms with E-state index in [-0.39, 0.29) is 0 Å². The molecular formula is C15H20N4. The van der Waals surface area contributed by atoms with Crippen molar-refractivity contribution in [3.05, 3.63) is 59.7 Å². The van der Waals surface area contributed by atoms with Crippen LogP contribution in [0.3, 0.4) is 0 Å². The molecule has 0 unspecified atom stereocenters. The van der Waals surface area contributed by atoms with E-state index in [1.54, 1.807) is 0 Å². The molecule has 0 aliphatic heterocycles. The van der Waals surface area contributed by atoms with Crippen LogP contribution in [0.2, 0.25) is 0 Å². The van der Waals surface area contributed by atoms with Gasteiger partial charge in [-0.1, -0.05) is 0 Å². The summed E-state index contributed by atoms with van der Waals surface area (Å²) in [5, 5.41) is 0. The van der Waals surface area contributed by atoms with Crippen LogP contribution in [0.1, 0.15) is 16.8 Å². The molecule has 0 spiro atoms. The van der Waals surface area contributed by atoms with Gasteiger partial charge in [-0.3, -0.25) is 9.97 Å². The van der Waals surface area contributed by atoms with Gasteiger partial charge >= 0.3 is 0 Å². The maximum atomic E-state index is 5.60. The van der Waals surface area contributed by atoms with Crippen LogP contribution in [0, 0.1) is 0 Å². The van der Waals surface area contributed by atoms with Crippen LogP contribution >= 0.6 is 0 Å². The third kappa shape index (κ3) is 4.43. The summed E-state index contributed by atoms with van der Waals surface area (Å²) < 4.78 is 0. The van der Waals surface area contributed by atoms with Crippen molar-refractivity contribution in [2.75, 3.05) is 13.6 Å². The van der Waals surface area contributed by atoms with Gasteiger partial charge in [0.2, 0.25) is 0 Å². The number of pyridine rings is 2. The minimum absolute atomic E-state index is 0.495. The van der Waals surface area contributed by atoms with Crippen LogP contribution in [-0.4, -0.2) is 28.5 Å². The molecule has 2 N–H and O–H groups in total. The van der Waals surface area contributed by atoms with Gasteiger partial charge < -0.3 is 10.6 Å². The van der Waals surface area contributed by atoms with Gasteiger partial charge in [-0.15, -0.1) is 0 Å². The van der Waals surface area contributed by atoms with Crippen molar-refractivity contribution >= 4 is 0 Å². The Bertz CT molecular complexity index is 499. The fourth-order valence-corrected chi connectivity index (χ4v) is 2.00. The number of aromatic nitrogens is 2. The van der Waals surface area contributed by atoms with Crippen LogP contribution < -0.4 is 5.73 Å². The van der Waals surface area contributed by atoms with Gasteiger partial charge in [0.25, 0.3) is 0 Å². The molecule has 0 radical (unpaired) electrons. The largest absolute Gasteiger partial charge is 0.325 e. The van der Waals surface area contributed by atoms with Crippen LogP contribution in [0.15, 0.2) is 42.9 Å². The van der Waals surface area contributed by atoms with E-state index < -0.39 is 0 Å². The molecule has 2 aromatic heterocycles. The molecule has 0 saturated heterocycles. The molecule has 0 aliphatic carbocycles. The lowest BCUT2D eigenvalue weighted by Gasteiger charge is -2.16. The van der Waals surface area contributed by atoms with Crippen molar-refractivity contribution in [3.8, 4) is 0 Å². The van der Waals surface area contributed by atoms with Gasteiger partial charge in [0, 0.05) is 38.2 Å². The highest BCUT2D eigenvalue weighted by atomic mass is 15.1. The highest BCUT2D eigenvalue weighted by Crippen LogP contribution is 2.06. The minimum atomic E-state index is 0.495. The summed E-state index contributed by atoms with van der Waals surface area (Å²) in [5.41, 5.74) is 9.12. The number of hydrogen-bond donors (Lipinski definition) is 1. The molecule has 0 aliphatic rings. The fourth-order valence-electron chi connectivity index (χ4n) is 2.00. The maximum absolute atomic E-state index is 5.60. The molecule has 4 nitrogen and oxygen atoms in total. The molecule has 0 amide bonds. The first-order valence-corrected chi connectivity index (χ1v) is 6.49. The topological polar surface area (TPSA) is 55.0 Å². The summed E-state index contributed by atoms with van der Waals surface area (Å²) in [6, 6.07) is 8.24. The van der Waals surface area contributed by atoms with Crippen LogP contribution in [0.4, 0.5) is 0 Å². The van der Waals surface area contributed by atoms with E-state index in [1.807, 2.05) is 24.7 Å². The average molecular weight is 256 g/mol. The molecule has 2 aromatic rings. The Labute approximate surface area is 114 Å². The van der Waals surface area contributed by atoms with E-state index in [1.165, 1.54) is 11.1 Å². The zero-order valence-corrected chi connectivity index (χ0v) is 11.3. The molecule has 0 atom stereocenters. The Morgan fingerprint density at radius 2 is 1.84 bits per heavy atom. The third-order valence-electron chi connectivity index (χ3n) is 3.07. The predicted molar refractivity (Wildman–Crippen MR) is 76.4 cm³/mol. The first-order valence-electron chi connectivity index (χ1n) is 6.49. The molecular weight excluding hydrogens is 236 g/mol. The van der Waals surface area contributed by atoms with Gasteiger partial charge in [0.1, 0.15) is 0 Å². The van der Waals surface area contributed by atoms with Gasteiger partial charge in [-0.05, 0) is 48.9 Å².